The number of alkyl halides is 1. The molecule has 0 bridgehead atoms. The third-order valence-electron chi connectivity index (χ3n) is 1.85. The first-order chi connectivity index (χ1) is 5.66. The molecule has 0 aliphatic carbocycles. The van der Waals surface area contributed by atoms with Crippen molar-refractivity contribution in [2.75, 3.05) is 25.1 Å². The molecule has 0 spiro atoms. The third kappa shape index (κ3) is 8.53. The molecule has 0 aromatic carbocycles. The van der Waals surface area contributed by atoms with Crippen LogP contribution in [0.25, 0.3) is 0 Å². The molecule has 0 aliphatic heterocycles. The molecule has 0 aromatic heterocycles. The second-order valence-electron chi connectivity index (χ2n) is 3.47. The van der Waals surface area contributed by atoms with E-state index in [0.717, 1.165) is 4.43 Å². The molecule has 0 saturated heterocycles. The molecular weight excluding hydrogens is 261 g/mol. The molecule has 0 N–H and O–H groups in total. The van der Waals surface area contributed by atoms with Gasteiger partial charge in [0, 0.05) is 4.43 Å². The van der Waals surface area contributed by atoms with Crippen molar-refractivity contribution in [3.63, 3.8) is 0 Å². The molecule has 1 nitrogen and oxygen atoms in total. The van der Waals surface area contributed by atoms with Crippen molar-refractivity contribution in [2.45, 2.75) is 26.2 Å². The van der Waals surface area contributed by atoms with Crippen LogP contribution in [0.15, 0.2) is 11.6 Å². The van der Waals surface area contributed by atoms with E-state index in [-0.39, 0.29) is 0 Å². The highest BCUT2D eigenvalue weighted by atomic mass is 127. The Morgan fingerprint density at radius 1 is 1.33 bits per heavy atom. The summed E-state index contributed by atoms with van der Waals surface area (Å²) in [5.74, 6) is 0. The first-order valence-electron chi connectivity index (χ1n) is 4.53. The highest BCUT2D eigenvalue weighted by Gasteiger charge is 1.92. The predicted molar refractivity (Wildman–Crippen MR) is 65.0 cm³/mol. The first kappa shape index (κ1) is 12.4. The Morgan fingerprint density at radius 2 is 2.00 bits per heavy atom. The van der Waals surface area contributed by atoms with Crippen molar-refractivity contribution in [3.8, 4) is 0 Å². The van der Waals surface area contributed by atoms with Gasteiger partial charge in [-0.3, -0.25) is 0 Å². The van der Waals surface area contributed by atoms with Crippen molar-refractivity contribution in [1.29, 1.82) is 0 Å². The van der Waals surface area contributed by atoms with Crippen LogP contribution in [-0.4, -0.2) is 30.0 Å². The van der Waals surface area contributed by atoms with E-state index in [4.69, 9.17) is 0 Å². The number of rotatable bonds is 6. The van der Waals surface area contributed by atoms with Crippen LogP contribution in [-0.2, 0) is 0 Å². The third-order valence-corrected chi connectivity index (χ3v) is 2.29. The van der Waals surface area contributed by atoms with Crippen LogP contribution in [0.3, 0.4) is 0 Å². The highest BCUT2D eigenvalue weighted by Crippen LogP contribution is 2.07. The van der Waals surface area contributed by atoms with Crippen molar-refractivity contribution in [1.82, 2.24) is 4.90 Å². The summed E-state index contributed by atoms with van der Waals surface area (Å²) in [5, 5.41) is 0. The molecule has 2 heteroatoms. The van der Waals surface area contributed by atoms with E-state index in [1.165, 1.54) is 25.8 Å². The minimum Gasteiger partial charge on any atom is -0.309 e. The van der Waals surface area contributed by atoms with Crippen molar-refractivity contribution in [2.24, 2.45) is 0 Å². The van der Waals surface area contributed by atoms with Gasteiger partial charge in [0.05, 0.1) is 0 Å². The predicted octanol–water partition coefficient (Wildman–Crippen LogP) is 3.10. The van der Waals surface area contributed by atoms with Gasteiger partial charge in [-0.25, -0.2) is 0 Å². The maximum atomic E-state index is 2.39. The largest absolute Gasteiger partial charge is 0.309 e. The molecule has 0 aliphatic rings. The molecule has 72 valence electrons. The van der Waals surface area contributed by atoms with Gasteiger partial charge in [0.2, 0.25) is 0 Å². The zero-order chi connectivity index (χ0) is 9.40. The quantitative estimate of drug-likeness (QED) is 0.313. The summed E-state index contributed by atoms with van der Waals surface area (Å²) in [4.78, 5) is 2.25. The first-order valence-corrected chi connectivity index (χ1v) is 6.05. The Morgan fingerprint density at radius 3 is 2.50 bits per heavy atom. The van der Waals surface area contributed by atoms with Gasteiger partial charge in [0.15, 0.2) is 0 Å². The topological polar surface area (TPSA) is 3.24 Å². The molecule has 0 fully saturated rings. The van der Waals surface area contributed by atoms with Gasteiger partial charge in [-0.1, -0.05) is 34.2 Å². The van der Waals surface area contributed by atoms with Crippen molar-refractivity contribution >= 4 is 22.6 Å². The van der Waals surface area contributed by atoms with Gasteiger partial charge in [0.1, 0.15) is 0 Å². The normalized spacial score (nSPS) is 12.6. The van der Waals surface area contributed by atoms with E-state index >= 15 is 0 Å². The Hall–Kier alpha value is 0.430. The minimum absolute atomic E-state index is 1.15. The summed E-state index contributed by atoms with van der Waals surface area (Å²) in [6.45, 7) is 3.45. The molecule has 12 heavy (non-hydrogen) atoms. The van der Waals surface area contributed by atoms with E-state index < -0.39 is 0 Å². The average Bonchev–Trinajstić information content (AvgIpc) is 1.98. The Bertz CT molecular complexity index is 130. The summed E-state index contributed by atoms with van der Waals surface area (Å²) in [6, 6.07) is 0. The number of hydrogen-bond acceptors (Lipinski definition) is 1. The lowest BCUT2D eigenvalue weighted by Crippen LogP contribution is -2.12. The Kier molecular flexibility index (Phi) is 8.34. The standard InChI is InChI=1S/C10H20IN/c1-10(7-8-11)6-4-5-9-12(2)3/h7H,4-6,8-9H2,1-3H3/b10-7+. The van der Waals surface area contributed by atoms with Gasteiger partial charge in [-0.05, 0) is 46.8 Å². The molecule has 0 aromatic rings. The lowest BCUT2D eigenvalue weighted by atomic mass is 10.1. The van der Waals surface area contributed by atoms with Crippen LogP contribution in [0.2, 0.25) is 0 Å². The molecule has 0 radical (unpaired) electrons. The van der Waals surface area contributed by atoms with E-state index in [0.29, 0.717) is 0 Å². The number of allylic oxidation sites excluding steroid dienone is 2. The fraction of sp³-hybridized carbons (Fsp3) is 0.800. The number of hydrogen-bond donors (Lipinski definition) is 0. The molecule has 0 saturated carbocycles. The highest BCUT2D eigenvalue weighted by molar-refractivity contribution is 14.1. The lowest BCUT2D eigenvalue weighted by Gasteiger charge is -2.08. The fourth-order valence-electron chi connectivity index (χ4n) is 1.07. The van der Waals surface area contributed by atoms with Crippen LogP contribution in [0.4, 0.5) is 0 Å². The maximum absolute atomic E-state index is 2.39. The lowest BCUT2D eigenvalue weighted by molar-refractivity contribution is 0.394. The molecule has 0 atom stereocenters. The van der Waals surface area contributed by atoms with Crippen LogP contribution in [0.5, 0.6) is 0 Å². The monoisotopic (exact) mass is 281 g/mol. The molecule has 0 unspecified atom stereocenters. The molecule has 0 rings (SSSR count). The van der Waals surface area contributed by atoms with Crippen LogP contribution >= 0.6 is 22.6 Å². The van der Waals surface area contributed by atoms with Gasteiger partial charge in [0.25, 0.3) is 0 Å². The summed E-state index contributed by atoms with van der Waals surface area (Å²) < 4.78 is 1.15. The van der Waals surface area contributed by atoms with Gasteiger partial charge < -0.3 is 4.90 Å². The van der Waals surface area contributed by atoms with Crippen molar-refractivity contribution < 1.29 is 0 Å². The summed E-state index contributed by atoms with van der Waals surface area (Å²) in [7, 11) is 4.26. The number of unbranched alkanes of at least 4 members (excludes halogenated alkanes) is 1. The van der Waals surface area contributed by atoms with Gasteiger partial charge in [-0.2, -0.15) is 0 Å². The van der Waals surface area contributed by atoms with E-state index in [2.05, 4.69) is 54.6 Å². The summed E-state index contributed by atoms with van der Waals surface area (Å²) in [6.07, 6.45) is 6.24. The minimum atomic E-state index is 1.15. The van der Waals surface area contributed by atoms with E-state index in [1.807, 2.05) is 0 Å². The van der Waals surface area contributed by atoms with Crippen LogP contribution in [0, 0.1) is 0 Å². The van der Waals surface area contributed by atoms with Gasteiger partial charge >= 0.3 is 0 Å². The number of nitrogens with zero attached hydrogens (tertiary/aromatic N) is 1. The zero-order valence-electron chi connectivity index (χ0n) is 8.44. The fourth-order valence-corrected chi connectivity index (χ4v) is 1.82. The van der Waals surface area contributed by atoms with Crippen molar-refractivity contribution in [3.05, 3.63) is 11.6 Å². The molecule has 0 amide bonds. The summed E-state index contributed by atoms with van der Waals surface area (Å²) >= 11 is 2.39. The number of halogens is 1. The maximum Gasteiger partial charge on any atom is 0.0178 e. The average molecular weight is 281 g/mol. The van der Waals surface area contributed by atoms with Gasteiger partial charge in [-0.15, -0.1) is 0 Å². The smallest absolute Gasteiger partial charge is 0.0178 e. The van der Waals surface area contributed by atoms with E-state index in [1.54, 1.807) is 5.57 Å². The molecular formula is C10H20IN. The zero-order valence-corrected chi connectivity index (χ0v) is 10.6. The SMILES string of the molecule is C/C(=C\CI)CCCCN(C)C. The summed E-state index contributed by atoms with van der Waals surface area (Å²) in [5.41, 5.74) is 1.54. The molecule has 0 heterocycles. The Balaban J connectivity index is 3.25. The van der Waals surface area contributed by atoms with Crippen LogP contribution < -0.4 is 0 Å². The Labute approximate surface area is 90.4 Å². The second-order valence-corrected chi connectivity index (χ2v) is 4.35. The van der Waals surface area contributed by atoms with Crippen LogP contribution in [0.1, 0.15) is 26.2 Å². The van der Waals surface area contributed by atoms with E-state index in [9.17, 15) is 0 Å². The second kappa shape index (κ2) is 8.05.